The number of aromatic nitrogens is 5. The number of anilines is 3. The molecule has 1 fully saturated rings. The third kappa shape index (κ3) is 3.65. The number of nitrogens with one attached hydrogen (secondary N) is 2. The van der Waals surface area contributed by atoms with Gasteiger partial charge in [0.05, 0.1) is 52.2 Å². The summed E-state index contributed by atoms with van der Waals surface area (Å²) in [5, 5.41) is 13.5. The van der Waals surface area contributed by atoms with E-state index < -0.39 is 0 Å². The van der Waals surface area contributed by atoms with E-state index in [1.54, 1.807) is 18.5 Å². The molecular weight excluding hydrogens is 430 g/mol. The maximum Gasteiger partial charge on any atom is 0.259 e. The molecule has 5 aromatic heterocycles. The molecule has 0 spiro atoms. The fourth-order valence-electron chi connectivity index (χ4n) is 4.45. The van der Waals surface area contributed by atoms with Gasteiger partial charge < -0.3 is 20.3 Å². The maximum absolute atomic E-state index is 12.7. The van der Waals surface area contributed by atoms with Crippen molar-refractivity contribution in [2.75, 3.05) is 23.3 Å². The number of aromatic amines is 1. The molecule has 0 atom stereocenters. The monoisotopic (exact) mass is 453 g/mol. The van der Waals surface area contributed by atoms with E-state index in [0.29, 0.717) is 28.1 Å². The molecule has 34 heavy (non-hydrogen) atoms. The van der Waals surface area contributed by atoms with Crippen LogP contribution in [0.15, 0.2) is 72.0 Å². The Morgan fingerprint density at radius 1 is 1.06 bits per heavy atom. The van der Waals surface area contributed by atoms with Gasteiger partial charge in [0.2, 0.25) is 0 Å². The zero-order chi connectivity index (χ0) is 23.1. The Morgan fingerprint density at radius 2 is 1.94 bits per heavy atom. The van der Waals surface area contributed by atoms with Gasteiger partial charge in [0.15, 0.2) is 0 Å². The van der Waals surface area contributed by atoms with E-state index >= 15 is 0 Å². The molecule has 0 aliphatic carbocycles. The molecule has 0 amide bonds. The van der Waals surface area contributed by atoms with Crippen molar-refractivity contribution in [3.05, 3.63) is 77.6 Å². The summed E-state index contributed by atoms with van der Waals surface area (Å²) < 4.78 is 1.97. The highest BCUT2D eigenvalue weighted by Crippen LogP contribution is 2.29. The van der Waals surface area contributed by atoms with Crippen LogP contribution >= 0.6 is 0 Å². The van der Waals surface area contributed by atoms with Crippen LogP contribution in [0.2, 0.25) is 0 Å². The first kappa shape index (κ1) is 20.4. The summed E-state index contributed by atoms with van der Waals surface area (Å²) >= 11 is 0. The minimum Gasteiger partial charge on any atom is -0.393 e. The first-order chi connectivity index (χ1) is 16.7. The highest BCUT2D eigenvalue weighted by atomic mass is 16.3. The standard InChI is InChI=1S/C25H23N7O2/c33-17-7-11-31(12-8-17)16-4-5-22(27-14-16)30-20-13-19(29-18-6-9-26-25(34)24(18)20)21-15-28-23-3-1-2-10-32(21)23/h1-6,9-10,13-15,17,33H,7-8,11-12H2,(H,26,34)(H,27,29,30). The van der Waals surface area contributed by atoms with E-state index in [0.717, 1.165) is 43.0 Å². The molecule has 5 aromatic rings. The Balaban J connectivity index is 1.38. The summed E-state index contributed by atoms with van der Waals surface area (Å²) in [6.07, 6.45) is 8.44. The molecule has 6 rings (SSSR count). The van der Waals surface area contributed by atoms with E-state index in [4.69, 9.17) is 4.98 Å². The van der Waals surface area contributed by atoms with Crippen LogP contribution < -0.4 is 15.8 Å². The van der Waals surface area contributed by atoms with Gasteiger partial charge >= 0.3 is 0 Å². The fourth-order valence-corrected chi connectivity index (χ4v) is 4.45. The number of piperidine rings is 1. The van der Waals surface area contributed by atoms with Gasteiger partial charge in [0.25, 0.3) is 5.56 Å². The number of imidazole rings is 1. The van der Waals surface area contributed by atoms with E-state index in [1.165, 1.54) is 0 Å². The number of aliphatic hydroxyl groups is 1. The lowest BCUT2D eigenvalue weighted by Crippen LogP contribution is -2.35. The number of pyridine rings is 4. The summed E-state index contributed by atoms with van der Waals surface area (Å²) in [5.41, 5.74) is 4.34. The van der Waals surface area contributed by atoms with E-state index in [1.807, 2.05) is 53.2 Å². The van der Waals surface area contributed by atoms with Crippen LogP contribution in [0.25, 0.3) is 27.9 Å². The fraction of sp³-hybridized carbons (Fsp3) is 0.200. The number of aliphatic hydroxyl groups excluding tert-OH is 1. The molecule has 0 saturated carbocycles. The minimum absolute atomic E-state index is 0.217. The molecule has 1 aliphatic heterocycles. The minimum atomic E-state index is -0.222. The lowest BCUT2D eigenvalue weighted by Gasteiger charge is -2.31. The first-order valence-electron chi connectivity index (χ1n) is 11.3. The van der Waals surface area contributed by atoms with Crippen molar-refractivity contribution in [1.29, 1.82) is 0 Å². The number of nitrogens with zero attached hydrogens (tertiary/aromatic N) is 5. The third-order valence-corrected chi connectivity index (χ3v) is 6.25. The Bertz CT molecular complexity index is 1530. The molecule has 0 aromatic carbocycles. The largest absolute Gasteiger partial charge is 0.393 e. The van der Waals surface area contributed by atoms with Crippen LogP contribution in [-0.2, 0) is 0 Å². The van der Waals surface area contributed by atoms with Crippen LogP contribution in [0.3, 0.4) is 0 Å². The summed E-state index contributed by atoms with van der Waals surface area (Å²) in [6.45, 7) is 1.62. The molecule has 170 valence electrons. The highest BCUT2D eigenvalue weighted by molar-refractivity contribution is 5.94. The predicted octanol–water partition coefficient (Wildman–Crippen LogP) is 3.34. The predicted molar refractivity (Wildman–Crippen MR) is 132 cm³/mol. The smallest absolute Gasteiger partial charge is 0.259 e. The van der Waals surface area contributed by atoms with Gasteiger partial charge in [-0.3, -0.25) is 9.20 Å². The molecule has 6 heterocycles. The van der Waals surface area contributed by atoms with Crippen LogP contribution in [0.5, 0.6) is 0 Å². The Labute approximate surface area is 194 Å². The lowest BCUT2D eigenvalue weighted by atomic mass is 10.1. The van der Waals surface area contributed by atoms with Crippen LogP contribution in [0, 0.1) is 0 Å². The maximum atomic E-state index is 12.7. The van der Waals surface area contributed by atoms with Crippen LogP contribution in [0.1, 0.15) is 12.8 Å². The molecule has 0 unspecified atom stereocenters. The van der Waals surface area contributed by atoms with Gasteiger partial charge in [0, 0.05) is 25.5 Å². The summed E-state index contributed by atoms with van der Waals surface area (Å²) in [7, 11) is 0. The molecule has 0 radical (unpaired) electrons. The number of hydrogen-bond donors (Lipinski definition) is 3. The highest BCUT2D eigenvalue weighted by Gasteiger charge is 2.18. The second-order valence-electron chi connectivity index (χ2n) is 8.44. The van der Waals surface area contributed by atoms with Crippen molar-refractivity contribution in [3.8, 4) is 11.4 Å². The first-order valence-corrected chi connectivity index (χ1v) is 11.3. The van der Waals surface area contributed by atoms with E-state index in [9.17, 15) is 9.90 Å². The van der Waals surface area contributed by atoms with E-state index in [-0.39, 0.29) is 11.7 Å². The van der Waals surface area contributed by atoms with Crippen molar-refractivity contribution >= 4 is 33.7 Å². The molecule has 9 heteroatoms. The zero-order valence-corrected chi connectivity index (χ0v) is 18.3. The molecule has 1 saturated heterocycles. The van der Waals surface area contributed by atoms with Gasteiger partial charge in [-0.05, 0) is 49.2 Å². The number of hydrogen-bond acceptors (Lipinski definition) is 7. The number of fused-ring (bicyclic) bond motifs is 2. The molecule has 9 nitrogen and oxygen atoms in total. The van der Waals surface area contributed by atoms with Crippen molar-refractivity contribution in [2.45, 2.75) is 18.9 Å². The average molecular weight is 454 g/mol. The topological polar surface area (TPSA) is 111 Å². The van der Waals surface area contributed by atoms with E-state index in [2.05, 4.69) is 25.2 Å². The van der Waals surface area contributed by atoms with Crippen molar-refractivity contribution in [1.82, 2.24) is 24.3 Å². The molecular formula is C25H23N7O2. The van der Waals surface area contributed by atoms with Crippen molar-refractivity contribution < 1.29 is 5.11 Å². The number of rotatable bonds is 4. The third-order valence-electron chi connectivity index (χ3n) is 6.25. The summed E-state index contributed by atoms with van der Waals surface area (Å²) in [4.78, 5) is 31.4. The summed E-state index contributed by atoms with van der Waals surface area (Å²) in [6, 6.07) is 13.4. The SMILES string of the molecule is O=c1[nH]ccc2nc(-c3cnc4ccccn34)cc(Nc3ccc(N4CCC(O)CC4)cn3)c12. The van der Waals surface area contributed by atoms with Gasteiger partial charge in [-0.2, -0.15) is 0 Å². The Kier molecular flexibility index (Phi) is 4.96. The van der Waals surface area contributed by atoms with Crippen LogP contribution in [0.4, 0.5) is 17.2 Å². The molecule has 1 aliphatic rings. The van der Waals surface area contributed by atoms with Gasteiger partial charge in [0.1, 0.15) is 11.5 Å². The van der Waals surface area contributed by atoms with Crippen molar-refractivity contribution in [2.24, 2.45) is 0 Å². The van der Waals surface area contributed by atoms with Crippen molar-refractivity contribution in [3.63, 3.8) is 0 Å². The normalized spacial score (nSPS) is 14.7. The second kappa shape index (κ2) is 8.27. The lowest BCUT2D eigenvalue weighted by molar-refractivity contribution is 0.145. The zero-order valence-electron chi connectivity index (χ0n) is 18.3. The summed E-state index contributed by atoms with van der Waals surface area (Å²) in [5.74, 6) is 0.626. The second-order valence-corrected chi connectivity index (χ2v) is 8.44. The Morgan fingerprint density at radius 3 is 2.76 bits per heavy atom. The van der Waals surface area contributed by atoms with Gasteiger partial charge in [-0.15, -0.1) is 0 Å². The average Bonchev–Trinajstić information content (AvgIpc) is 3.29. The van der Waals surface area contributed by atoms with Gasteiger partial charge in [-0.1, -0.05) is 6.07 Å². The Hall–Kier alpha value is -4.24. The van der Waals surface area contributed by atoms with Gasteiger partial charge in [-0.25, -0.2) is 15.0 Å². The quantitative estimate of drug-likeness (QED) is 0.383. The number of H-pyrrole nitrogens is 1. The molecule has 0 bridgehead atoms. The van der Waals surface area contributed by atoms with Crippen LogP contribution in [-0.4, -0.2) is 48.6 Å². The molecule has 3 N–H and O–H groups in total.